The summed E-state index contributed by atoms with van der Waals surface area (Å²) in [5.41, 5.74) is 7.32. The number of aromatic nitrogens is 1. The highest BCUT2D eigenvalue weighted by molar-refractivity contribution is 9.10. The third-order valence-electron chi connectivity index (χ3n) is 2.38. The standard InChI is InChI=1S/C12H10BrFN2/c13-10-4-2-1-3-8(10)12(15)9-5-6-16-7-11(9)14/h1-7,12H,15H2. The van der Waals surface area contributed by atoms with Crippen molar-refractivity contribution in [3.63, 3.8) is 0 Å². The molecule has 0 aliphatic heterocycles. The zero-order valence-corrected chi connectivity index (χ0v) is 9.99. The summed E-state index contributed by atoms with van der Waals surface area (Å²) in [6, 6.07) is 8.63. The molecule has 0 saturated heterocycles. The van der Waals surface area contributed by atoms with Crippen molar-refractivity contribution < 1.29 is 4.39 Å². The van der Waals surface area contributed by atoms with E-state index in [1.165, 1.54) is 12.4 Å². The van der Waals surface area contributed by atoms with Crippen molar-refractivity contribution in [3.05, 3.63) is 64.1 Å². The van der Waals surface area contributed by atoms with E-state index in [1.54, 1.807) is 6.07 Å². The molecule has 0 radical (unpaired) electrons. The number of benzene rings is 1. The van der Waals surface area contributed by atoms with E-state index in [4.69, 9.17) is 5.73 Å². The van der Waals surface area contributed by atoms with E-state index in [2.05, 4.69) is 20.9 Å². The first-order chi connectivity index (χ1) is 7.70. The summed E-state index contributed by atoms with van der Waals surface area (Å²) in [7, 11) is 0. The maximum absolute atomic E-state index is 13.5. The van der Waals surface area contributed by atoms with Crippen molar-refractivity contribution in [2.24, 2.45) is 5.73 Å². The first kappa shape index (κ1) is 11.2. The minimum absolute atomic E-state index is 0.384. The Hall–Kier alpha value is -1.26. The van der Waals surface area contributed by atoms with Crippen LogP contribution in [0.5, 0.6) is 0 Å². The lowest BCUT2D eigenvalue weighted by molar-refractivity contribution is 0.593. The molecule has 2 N–H and O–H groups in total. The minimum atomic E-state index is -0.487. The van der Waals surface area contributed by atoms with Crippen LogP contribution in [0.2, 0.25) is 0 Å². The summed E-state index contributed by atoms with van der Waals surface area (Å²) in [6.07, 6.45) is 2.71. The summed E-state index contributed by atoms with van der Waals surface area (Å²) in [5, 5.41) is 0. The average molecular weight is 281 g/mol. The number of hydrogen-bond acceptors (Lipinski definition) is 2. The molecule has 2 nitrogen and oxygen atoms in total. The minimum Gasteiger partial charge on any atom is -0.320 e. The van der Waals surface area contributed by atoms with Crippen molar-refractivity contribution in [2.45, 2.75) is 6.04 Å². The van der Waals surface area contributed by atoms with E-state index in [0.29, 0.717) is 5.56 Å². The largest absolute Gasteiger partial charge is 0.320 e. The van der Waals surface area contributed by atoms with Crippen molar-refractivity contribution in [2.75, 3.05) is 0 Å². The highest BCUT2D eigenvalue weighted by atomic mass is 79.9. The lowest BCUT2D eigenvalue weighted by atomic mass is 10.0. The van der Waals surface area contributed by atoms with E-state index in [-0.39, 0.29) is 5.82 Å². The average Bonchev–Trinajstić information content (AvgIpc) is 2.29. The topological polar surface area (TPSA) is 38.9 Å². The molecule has 0 saturated carbocycles. The van der Waals surface area contributed by atoms with Crippen LogP contribution in [0.15, 0.2) is 47.2 Å². The molecule has 4 heteroatoms. The second kappa shape index (κ2) is 4.72. The molecule has 2 aromatic rings. The van der Waals surface area contributed by atoms with Gasteiger partial charge in [-0.1, -0.05) is 34.1 Å². The quantitative estimate of drug-likeness (QED) is 0.919. The summed E-state index contributed by atoms with van der Waals surface area (Å²) in [5.74, 6) is -0.384. The molecule has 1 aromatic heterocycles. The first-order valence-corrected chi connectivity index (χ1v) is 5.59. The van der Waals surface area contributed by atoms with Gasteiger partial charge in [-0.2, -0.15) is 0 Å². The molecular formula is C12H10BrFN2. The van der Waals surface area contributed by atoms with Crippen LogP contribution in [0.25, 0.3) is 0 Å². The number of nitrogens with zero attached hydrogens (tertiary/aromatic N) is 1. The Balaban J connectivity index is 2.44. The van der Waals surface area contributed by atoms with E-state index >= 15 is 0 Å². The van der Waals surface area contributed by atoms with Gasteiger partial charge < -0.3 is 5.73 Å². The molecule has 1 heterocycles. The van der Waals surface area contributed by atoms with Gasteiger partial charge in [-0.25, -0.2) is 4.39 Å². The molecule has 0 amide bonds. The Kier molecular flexibility index (Phi) is 3.31. The number of pyridine rings is 1. The molecule has 1 aromatic carbocycles. The summed E-state index contributed by atoms with van der Waals surface area (Å²) in [4.78, 5) is 3.70. The Labute approximate surface area is 101 Å². The van der Waals surface area contributed by atoms with Gasteiger partial charge in [0.15, 0.2) is 0 Å². The first-order valence-electron chi connectivity index (χ1n) is 4.79. The van der Waals surface area contributed by atoms with Gasteiger partial charge in [0, 0.05) is 16.2 Å². The van der Waals surface area contributed by atoms with Crippen LogP contribution in [0.3, 0.4) is 0 Å². The third kappa shape index (κ3) is 2.13. The van der Waals surface area contributed by atoms with Crippen LogP contribution < -0.4 is 5.73 Å². The van der Waals surface area contributed by atoms with Crippen molar-refractivity contribution >= 4 is 15.9 Å². The van der Waals surface area contributed by atoms with E-state index in [1.807, 2.05) is 24.3 Å². The highest BCUT2D eigenvalue weighted by Crippen LogP contribution is 2.27. The lowest BCUT2D eigenvalue weighted by Crippen LogP contribution is -2.14. The fourth-order valence-corrected chi connectivity index (χ4v) is 2.06. The molecule has 1 atom stereocenters. The summed E-state index contributed by atoms with van der Waals surface area (Å²) < 4.78 is 14.4. The SMILES string of the molecule is NC(c1ccncc1F)c1ccccc1Br. The molecule has 1 unspecified atom stereocenters. The van der Waals surface area contributed by atoms with Gasteiger partial charge in [0.25, 0.3) is 0 Å². The molecule has 82 valence electrons. The smallest absolute Gasteiger partial charge is 0.146 e. The lowest BCUT2D eigenvalue weighted by Gasteiger charge is -2.14. The predicted octanol–water partition coefficient (Wildman–Crippen LogP) is 3.03. The molecule has 0 fully saturated rings. The number of nitrogens with two attached hydrogens (primary N) is 1. The van der Waals surface area contributed by atoms with E-state index in [0.717, 1.165) is 10.0 Å². The van der Waals surface area contributed by atoms with Crippen LogP contribution in [0.4, 0.5) is 4.39 Å². The van der Waals surface area contributed by atoms with Gasteiger partial charge in [-0.3, -0.25) is 4.98 Å². The van der Waals surface area contributed by atoms with Gasteiger partial charge in [0.2, 0.25) is 0 Å². The molecule has 0 spiro atoms. The van der Waals surface area contributed by atoms with Crippen molar-refractivity contribution in [3.8, 4) is 0 Å². The molecule has 0 aliphatic carbocycles. The van der Waals surface area contributed by atoms with Crippen LogP contribution in [-0.2, 0) is 0 Å². The zero-order chi connectivity index (χ0) is 11.5. The van der Waals surface area contributed by atoms with Crippen molar-refractivity contribution in [1.82, 2.24) is 4.98 Å². The molecule has 0 bridgehead atoms. The highest BCUT2D eigenvalue weighted by Gasteiger charge is 2.15. The van der Waals surface area contributed by atoms with Gasteiger partial charge in [0.05, 0.1) is 12.2 Å². The fraction of sp³-hybridized carbons (Fsp3) is 0.0833. The second-order valence-electron chi connectivity index (χ2n) is 3.40. The van der Waals surface area contributed by atoms with Gasteiger partial charge in [-0.05, 0) is 17.7 Å². The molecular weight excluding hydrogens is 271 g/mol. The van der Waals surface area contributed by atoms with Crippen molar-refractivity contribution in [1.29, 1.82) is 0 Å². The Bertz CT molecular complexity index is 456. The van der Waals surface area contributed by atoms with Crippen LogP contribution in [-0.4, -0.2) is 4.98 Å². The normalized spacial score (nSPS) is 12.4. The van der Waals surface area contributed by atoms with Crippen LogP contribution in [0.1, 0.15) is 17.2 Å². The number of rotatable bonds is 2. The predicted molar refractivity (Wildman–Crippen MR) is 64.4 cm³/mol. The van der Waals surface area contributed by atoms with Gasteiger partial charge in [-0.15, -0.1) is 0 Å². The number of hydrogen-bond donors (Lipinski definition) is 1. The molecule has 0 aliphatic rings. The van der Waals surface area contributed by atoms with Gasteiger partial charge in [0.1, 0.15) is 5.82 Å². The summed E-state index contributed by atoms with van der Waals surface area (Å²) >= 11 is 3.40. The Morgan fingerprint density at radius 2 is 1.94 bits per heavy atom. The fourth-order valence-electron chi connectivity index (χ4n) is 1.53. The van der Waals surface area contributed by atoms with Crippen LogP contribution >= 0.6 is 15.9 Å². The van der Waals surface area contributed by atoms with Gasteiger partial charge >= 0.3 is 0 Å². The zero-order valence-electron chi connectivity index (χ0n) is 8.40. The van der Waals surface area contributed by atoms with Crippen LogP contribution in [0, 0.1) is 5.82 Å². The molecule has 2 rings (SSSR count). The third-order valence-corrected chi connectivity index (χ3v) is 3.10. The maximum Gasteiger partial charge on any atom is 0.146 e. The summed E-state index contributed by atoms with van der Waals surface area (Å²) in [6.45, 7) is 0. The second-order valence-corrected chi connectivity index (χ2v) is 4.25. The van der Waals surface area contributed by atoms with E-state index in [9.17, 15) is 4.39 Å². The maximum atomic E-state index is 13.5. The Morgan fingerprint density at radius 1 is 1.19 bits per heavy atom. The monoisotopic (exact) mass is 280 g/mol. The molecule has 16 heavy (non-hydrogen) atoms. The Morgan fingerprint density at radius 3 is 2.62 bits per heavy atom. The van der Waals surface area contributed by atoms with E-state index < -0.39 is 6.04 Å². The number of halogens is 2.